The first-order chi connectivity index (χ1) is 12.8. The summed E-state index contributed by atoms with van der Waals surface area (Å²) in [5.74, 6) is 0.219. The molecule has 2 aromatic rings. The zero-order valence-electron chi connectivity index (χ0n) is 15.9. The Balaban J connectivity index is 1.85. The Morgan fingerprint density at radius 3 is 2.74 bits per heavy atom. The van der Waals surface area contributed by atoms with Crippen molar-refractivity contribution in [2.45, 2.75) is 50.9 Å². The first-order valence-electron chi connectivity index (χ1n) is 9.10. The van der Waals surface area contributed by atoms with Crippen LogP contribution in [0.4, 0.5) is 4.79 Å². The molecule has 0 aromatic carbocycles. The van der Waals surface area contributed by atoms with E-state index in [2.05, 4.69) is 29.1 Å². The van der Waals surface area contributed by atoms with Crippen molar-refractivity contribution in [2.75, 3.05) is 13.1 Å². The Hall–Kier alpha value is -1.87. The molecular formula is C18H24N4O3S2. The summed E-state index contributed by atoms with van der Waals surface area (Å²) < 4.78 is 0. The number of aromatic amines is 1. The van der Waals surface area contributed by atoms with Gasteiger partial charge >= 0.3 is 6.03 Å². The summed E-state index contributed by atoms with van der Waals surface area (Å²) in [5, 5.41) is 3.17. The molecule has 0 unspecified atom stereocenters. The van der Waals surface area contributed by atoms with Gasteiger partial charge in [-0.2, -0.15) is 0 Å². The second-order valence-electron chi connectivity index (χ2n) is 6.89. The number of aromatic nitrogens is 2. The van der Waals surface area contributed by atoms with E-state index in [9.17, 15) is 14.4 Å². The number of hydrogen-bond acceptors (Lipinski definition) is 6. The monoisotopic (exact) mass is 408 g/mol. The molecule has 1 saturated heterocycles. The fraction of sp³-hybridized carbons (Fsp3) is 0.556. The van der Waals surface area contributed by atoms with Crippen LogP contribution in [-0.4, -0.2) is 45.1 Å². The molecule has 1 aliphatic rings. The number of nitrogens with one attached hydrogen (secondary N) is 2. The zero-order valence-corrected chi connectivity index (χ0v) is 17.6. The molecule has 3 rings (SSSR count). The van der Waals surface area contributed by atoms with E-state index in [1.165, 1.54) is 28.0 Å². The summed E-state index contributed by atoms with van der Waals surface area (Å²) in [6.45, 7) is 8.90. The van der Waals surface area contributed by atoms with Crippen molar-refractivity contribution in [3.05, 3.63) is 20.8 Å². The Labute approximate surface area is 165 Å². The highest BCUT2D eigenvalue weighted by atomic mass is 32.2. The highest BCUT2D eigenvalue weighted by Crippen LogP contribution is 2.31. The third-order valence-corrected chi connectivity index (χ3v) is 6.86. The van der Waals surface area contributed by atoms with Gasteiger partial charge in [-0.15, -0.1) is 11.3 Å². The quantitative estimate of drug-likeness (QED) is 0.566. The van der Waals surface area contributed by atoms with E-state index < -0.39 is 5.25 Å². The van der Waals surface area contributed by atoms with Crippen LogP contribution in [0.5, 0.6) is 0 Å². The Morgan fingerprint density at radius 1 is 1.37 bits per heavy atom. The van der Waals surface area contributed by atoms with Crippen LogP contribution in [0, 0.1) is 12.8 Å². The van der Waals surface area contributed by atoms with Crippen LogP contribution in [0.2, 0.25) is 0 Å². The number of rotatable bonds is 6. The summed E-state index contributed by atoms with van der Waals surface area (Å²) in [6, 6.07) is -0.368. The van der Waals surface area contributed by atoms with E-state index in [0.717, 1.165) is 23.3 Å². The fourth-order valence-corrected chi connectivity index (χ4v) is 5.04. The summed E-state index contributed by atoms with van der Waals surface area (Å²) in [7, 11) is 0. The van der Waals surface area contributed by atoms with Gasteiger partial charge in [-0.05, 0) is 31.7 Å². The molecule has 2 aromatic heterocycles. The highest BCUT2D eigenvalue weighted by Gasteiger charge is 2.30. The van der Waals surface area contributed by atoms with E-state index in [4.69, 9.17) is 0 Å². The van der Waals surface area contributed by atoms with Gasteiger partial charge in [-0.1, -0.05) is 32.0 Å². The Bertz CT molecular complexity index is 937. The van der Waals surface area contributed by atoms with E-state index in [1.807, 2.05) is 6.92 Å². The Kier molecular flexibility index (Phi) is 5.90. The molecule has 3 heterocycles. The van der Waals surface area contributed by atoms with Gasteiger partial charge in [0.2, 0.25) is 5.91 Å². The molecule has 0 spiro atoms. The number of carbonyl (C=O) groups excluding carboxylic acids is 2. The number of amides is 3. The van der Waals surface area contributed by atoms with Crippen LogP contribution in [0.25, 0.3) is 10.2 Å². The van der Waals surface area contributed by atoms with E-state index in [1.54, 1.807) is 6.92 Å². The maximum absolute atomic E-state index is 12.7. The van der Waals surface area contributed by atoms with Crippen molar-refractivity contribution in [2.24, 2.45) is 5.92 Å². The number of thioether (sulfide) groups is 1. The number of imide groups is 1. The minimum Gasteiger partial charge on any atom is -0.336 e. The minimum absolute atomic E-state index is 0.163. The van der Waals surface area contributed by atoms with E-state index in [-0.39, 0.29) is 17.5 Å². The van der Waals surface area contributed by atoms with Crippen LogP contribution in [0.1, 0.15) is 37.6 Å². The van der Waals surface area contributed by atoms with Crippen LogP contribution in [0.3, 0.4) is 0 Å². The van der Waals surface area contributed by atoms with Gasteiger partial charge in [0.15, 0.2) is 5.16 Å². The predicted octanol–water partition coefficient (Wildman–Crippen LogP) is 2.91. The first kappa shape index (κ1) is 19.9. The number of aryl methyl sites for hydroxylation is 1. The van der Waals surface area contributed by atoms with Crippen LogP contribution < -0.4 is 10.9 Å². The topological polar surface area (TPSA) is 95.2 Å². The van der Waals surface area contributed by atoms with Crippen molar-refractivity contribution >= 4 is 45.3 Å². The van der Waals surface area contributed by atoms with Crippen molar-refractivity contribution in [1.29, 1.82) is 0 Å². The number of carbonyl (C=O) groups is 2. The molecule has 2 atom stereocenters. The minimum atomic E-state index is -0.518. The van der Waals surface area contributed by atoms with Gasteiger partial charge < -0.3 is 10.3 Å². The maximum Gasteiger partial charge on any atom is 0.324 e. The number of H-pyrrole nitrogens is 1. The largest absolute Gasteiger partial charge is 0.336 e. The molecule has 27 heavy (non-hydrogen) atoms. The first-order valence-corrected chi connectivity index (χ1v) is 10.8. The smallest absolute Gasteiger partial charge is 0.324 e. The molecular weight excluding hydrogens is 384 g/mol. The number of thiophene rings is 1. The average molecular weight is 409 g/mol. The fourth-order valence-electron chi connectivity index (χ4n) is 3.07. The third-order valence-electron chi connectivity index (χ3n) is 4.85. The zero-order chi connectivity index (χ0) is 19.7. The molecule has 9 heteroatoms. The van der Waals surface area contributed by atoms with Gasteiger partial charge in [0.1, 0.15) is 4.83 Å². The lowest BCUT2D eigenvalue weighted by atomic mass is 9.98. The van der Waals surface area contributed by atoms with Crippen molar-refractivity contribution in [3.8, 4) is 0 Å². The summed E-state index contributed by atoms with van der Waals surface area (Å²) in [6.07, 6.45) is 1.91. The normalized spacial score (nSPS) is 16.6. The number of nitrogens with zero attached hydrogens (tertiary/aromatic N) is 2. The van der Waals surface area contributed by atoms with Gasteiger partial charge in [0, 0.05) is 18.0 Å². The Morgan fingerprint density at radius 2 is 2.11 bits per heavy atom. The molecule has 0 radical (unpaired) electrons. The molecule has 1 fully saturated rings. The SMILES string of the molecule is CC[C@@H](C)Cc1c(C)sc2nc(S[C@@H](C)C(=O)N3CCNC3=O)[nH]c(=O)c12. The molecule has 0 bridgehead atoms. The summed E-state index contributed by atoms with van der Waals surface area (Å²) in [4.78, 5) is 47.2. The van der Waals surface area contributed by atoms with E-state index >= 15 is 0 Å². The van der Waals surface area contributed by atoms with Crippen molar-refractivity contribution < 1.29 is 9.59 Å². The van der Waals surface area contributed by atoms with Gasteiger partial charge in [-0.3, -0.25) is 14.5 Å². The molecule has 3 amide bonds. The van der Waals surface area contributed by atoms with Crippen molar-refractivity contribution in [3.63, 3.8) is 0 Å². The standard InChI is InChI=1S/C18H24N4O3S2/c1-5-9(2)8-12-10(3)26-15-13(12)14(23)20-17(21-15)27-11(4)16(24)22-7-6-19-18(22)25/h9,11H,5-8H2,1-4H3,(H,19,25)(H,20,21,23)/t9-,11+/m1/s1. The second-order valence-corrected chi connectivity index (χ2v) is 9.42. The van der Waals surface area contributed by atoms with E-state index in [0.29, 0.717) is 34.4 Å². The molecule has 1 aliphatic heterocycles. The lowest BCUT2D eigenvalue weighted by Gasteiger charge is -2.16. The van der Waals surface area contributed by atoms with Crippen LogP contribution >= 0.6 is 23.1 Å². The average Bonchev–Trinajstić information content (AvgIpc) is 3.17. The van der Waals surface area contributed by atoms with Gasteiger partial charge in [0.05, 0.1) is 10.6 Å². The number of fused-ring (bicyclic) bond motifs is 1. The second kappa shape index (κ2) is 8.02. The lowest BCUT2D eigenvalue weighted by Crippen LogP contribution is -2.39. The summed E-state index contributed by atoms with van der Waals surface area (Å²) in [5.41, 5.74) is 0.913. The van der Waals surface area contributed by atoms with Crippen LogP contribution in [0.15, 0.2) is 9.95 Å². The van der Waals surface area contributed by atoms with Gasteiger partial charge in [0.25, 0.3) is 5.56 Å². The highest BCUT2D eigenvalue weighted by molar-refractivity contribution is 8.00. The third kappa shape index (κ3) is 4.03. The summed E-state index contributed by atoms with van der Waals surface area (Å²) >= 11 is 2.69. The van der Waals surface area contributed by atoms with Crippen LogP contribution in [-0.2, 0) is 11.2 Å². The number of urea groups is 1. The maximum atomic E-state index is 12.7. The molecule has 146 valence electrons. The lowest BCUT2D eigenvalue weighted by molar-refractivity contribution is -0.126. The molecule has 0 aliphatic carbocycles. The predicted molar refractivity (Wildman–Crippen MR) is 109 cm³/mol. The number of hydrogen-bond donors (Lipinski definition) is 2. The molecule has 0 saturated carbocycles. The molecule has 2 N–H and O–H groups in total. The molecule has 7 nitrogen and oxygen atoms in total. The van der Waals surface area contributed by atoms with Gasteiger partial charge in [-0.25, -0.2) is 9.78 Å². The van der Waals surface area contributed by atoms with Crippen molar-refractivity contribution in [1.82, 2.24) is 20.2 Å².